The van der Waals surface area contributed by atoms with E-state index in [0.717, 1.165) is 10.9 Å². The highest BCUT2D eigenvalue weighted by Crippen LogP contribution is 2.38. The summed E-state index contributed by atoms with van der Waals surface area (Å²) in [5, 5.41) is 0. The van der Waals surface area contributed by atoms with Crippen LogP contribution >= 0.6 is 0 Å². The van der Waals surface area contributed by atoms with Gasteiger partial charge in [0.15, 0.2) is 0 Å². The zero-order valence-electron chi connectivity index (χ0n) is 19.2. The average Bonchev–Trinajstić information content (AvgIpc) is 2.82. The Morgan fingerprint density at radius 1 is 0.538 bits per heavy atom. The predicted molar refractivity (Wildman–Crippen MR) is 113 cm³/mol. The van der Waals surface area contributed by atoms with Crippen LogP contribution in [0.25, 0.3) is 0 Å². The van der Waals surface area contributed by atoms with Crippen LogP contribution in [-0.2, 0) is 18.6 Å². The highest BCUT2D eigenvalue weighted by Gasteiger charge is 2.52. The Bertz CT molecular complexity index is 432. The van der Waals surface area contributed by atoms with Gasteiger partial charge in [-0.25, -0.2) is 0 Å². The molecule has 0 amide bonds. The van der Waals surface area contributed by atoms with Crippen LogP contribution in [0.5, 0.6) is 0 Å². The molecule has 26 heavy (non-hydrogen) atoms. The fourth-order valence-electron chi connectivity index (χ4n) is 2.09. The third-order valence-corrected chi connectivity index (χ3v) is 5.31. The van der Waals surface area contributed by atoms with Gasteiger partial charge in [-0.3, -0.25) is 0 Å². The first-order chi connectivity index (χ1) is 11.5. The minimum atomic E-state index is -0.241. The lowest BCUT2D eigenvalue weighted by Crippen LogP contribution is -2.41. The van der Waals surface area contributed by atoms with Crippen LogP contribution in [0.2, 0.25) is 0 Å². The third-order valence-electron chi connectivity index (χ3n) is 5.31. The summed E-state index contributed by atoms with van der Waals surface area (Å²) in [7, 11) is -0.481. The van der Waals surface area contributed by atoms with Gasteiger partial charge in [0, 0.05) is 0 Å². The number of hydrogen-bond donors (Lipinski definition) is 0. The molecular formula is C20H40B2O4. The van der Waals surface area contributed by atoms with Crippen molar-refractivity contribution < 1.29 is 18.6 Å². The number of rotatable bonds is 2. The first-order valence-corrected chi connectivity index (χ1v) is 9.54. The van der Waals surface area contributed by atoms with Crippen LogP contribution in [0.15, 0.2) is 24.1 Å². The van der Waals surface area contributed by atoms with Crippen molar-refractivity contribution in [3.63, 3.8) is 0 Å². The van der Waals surface area contributed by atoms with Crippen molar-refractivity contribution in [2.24, 2.45) is 0 Å². The van der Waals surface area contributed by atoms with Crippen LogP contribution in [-0.4, -0.2) is 36.6 Å². The summed E-state index contributed by atoms with van der Waals surface area (Å²) in [5.74, 6) is 0. The number of allylic oxidation sites excluding steroid dienone is 2. The van der Waals surface area contributed by atoms with E-state index in [9.17, 15) is 0 Å². The molecule has 0 bridgehead atoms. The Morgan fingerprint density at radius 2 is 0.692 bits per heavy atom. The molecule has 0 aromatic carbocycles. The van der Waals surface area contributed by atoms with Crippen molar-refractivity contribution in [1.29, 1.82) is 0 Å². The second-order valence-corrected chi connectivity index (χ2v) is 8.87. The van der Waals surface area contributed by atoms with Crippen molar-refractivity contribution in [3.05, 3.63) is 24.1 Å². The van der Waals surface area contributed by atoms with Crippen molar-refractivity contribution in [2.75, 3.05) is 0 Å². The Labute approximate surface area is 163 Å². The van der Waals surface area contributed by atoms with Crippen molar-refractivity contribution >= 4 is 14.2 Å². The molecule has 0 aliphatic carbocycles. The Kier molecular flexibility index (Phi) is 8.46. The van der Waals surface area contributed by atoms with Crippen LogP contribution in [0, 0.1) is 0 Å². The Hall–Kier alpha value is -0.550. The summed E-state index contributed by atoms with van der Waals surface area (Å²) >= 11 is 0. The minimum Gasteiger partial charge on any atom is -0.400 e. The molecule has 0 unspecified atom stereocenters. The molecule has 0 aromatic heterocycles. The molecule has 0 saturated carbocycles. The molecular weight excluding hydrogens is 326 g/mol. The molecule has 2 aliphatic heterocycles. The molecule has 0 spiro atoms. The average molecular weight is 366 g/mol. The zero-order valence-corrected chi connectivity index (χ0v) is 19.2. The molecule has 2 aliphatic rings. The van der Waals surface area contributed by atoms with E-state index in [0.29, 0.717) is 0 Å². The standard InChI is InChI=1S/2C9H17BO2.C2H6/c2*1-7(2)10-11-8(3,4)9(5,6)12-10;1-2/h2*1H2,2-6H3;1-2H3. The molecule has 2 saturated heterocycles. The van der Waals surface area contributed by atoms with Crippen LogP contribution < -0.4 is 0 Å². The quantitative estimate of drug-likeness (QED) is 0.612. The van der Waals surface area contributed by atoms with E-state index in [1.54, 1.807) is 0 Å². The van der Waals surface area contributed by atoms with Gasteiger partial charge in [0.2, 0.25) is 0 Å². The topological polar surface area (TPSA) is 36.9 Å². The summed E-state index contributed by atoms with van der Waals surface area (Å²) in [6.45, 7) is 31.8. The van der Waals surface area contributed by atoms with E-state index in [2.05, 4.69) is 13.2 Å². The fourth-order valence-corrected chi connectivity index (χ4v) is 2.09. The second-order valence-electron chi connectivity index (χ2n) is 8.87. The maximum atomic E-state index is 5.70. The van der Waals surface area contributed by atoms with E-state index >= 15 is 0 Å². The lowest BCUT2D eigenvalue weighted by atomic mass is 9.81. The van der Waals surface area contributed by atoms with E-state index in [1.165, 1.54) is 0 Å². The van der Waals surface area contributed by atoms with Gasteiger partial charge in [-0.15, -0.1) is 13.2 Å². The van der Waals surface area contributed by atoms with Crippen molar-refractivity contribution in [3.8, 4) is 0 Å². The zero-order chi connectivity index (χ0) is 21.1. The maximum absolute atomic E-state index is 5.70. The summed E-state index contributed by atoms with van der Waals surface area (Å²) < 4.78 is 22.8. The van der Waals surface area contributed by atoms with E-state index in [4.69, 9.17) is 18.6 Å². The van der Waals surface area contributed by atoms with Gasteiger partial charge >= 0.3 is 14.2 Å². The molecule has 150 valence electrons. The first-order valence-electron chi connectivity index (χ1n) is 9.54. The van der Waals surface area contributed by atoms with Crippen molar-refractivity contribution in [1.82, 2.24) is 0 Å². The normalized spacial score (nSPS) is 24.2. The van der Waals surface area contributed by atoms with Gasteiger partial charge in [-0.1, -0.05) is 24.8 Å². The van der Waals surface area contributed by atoms with Crippen LogP contribution in [0.3, 0.4) is 0 Å². The van der Waals surface area contributed by atoms with E-state index in [-0.39, 0.29) is 36.6 Å². The molecule has 6 heteroatoms. The molecule has 0 aromatic rings. The predicted octanol–water partition coefficient (Wildman–Crippen LogP) is 5.41. The number of hydrogen-bond acceptors (Lipinski definition) is 4. The lowest BCUT2D eigenvalue weighted by Gasteiger charge is -2.32. The molecule has 0 atom stereocenters. The fraction of sp³-hybridized carbons (Fsp3) is 0.800. The molecule has 2 heterocycles. The van der Waals surface area contributed by atoms with E-state index < -0.39 is 0 Å². The first kappa shape index (κ1) is 25.4. The van der Waals surface area contributed by atoms with Gasteiger partial charge in [0.25, 0.3) is 0 Å². The van der Waals surface area contributed by atoms with Crippen LogP contribution in [0.1, 0.15) is 83.1 Å². The summed E-state index contributed by atoms with van der Waals surface area (Å²) in [6.07, 6.45) is 0. The SMILES string of the molecule is C=C(C)B1OC(C)(C)C(C)(C)O1.C=C(C)B1OC(C)(C)C(C)(C)O1.CC. The summed E-state index contributed by atoms with van der Waals surface area (Å²) in [4.78, 5) is 0. The van der Waals surface area contributed by atoms with Crippen molar-refractivity contribution in [2.45, 2.75) is 105 Å². The lowest BCUT2D eigenvalue weighted by molar-refractivity contribution is 0.00578. The maximum Gasteiger partial charge on any atom is 0.489 e. The van der Waals surface area contributed by atoms with Gasteiger partial charge in [0.1, 0.15) is 0 Å². The minimum absolute atomic E-state index is 0.239. The molecule has 0 N–H and O–H groups in total. The molecule has 0 radical (unpaired) electrons. The smallest absolute Gasteiger partial charge is 0.400 e. The van der Waals surface area contributed by atoms with Crippen LogP contribution in [0.4, 0.5) is 0 Å². The summed E-state index contributed by atoms with van der Waals surface area (Å²) in [5.41, 5.74) is 0.891. The molecule has 2 fully saturated rings. The Morgan fingerprint density at radius 3 is 0.769 bits per heavy atom. The van der Waals surface area contributed by atoms with E-state index in [1.807, 2.05) is 83.1 Å². The van der Waals surface area contributed by atoms with Gasteiger partial charge in [-0.05, 0) is 69.2 Å². The molecule has 2 rings (SSSR count). The Balaban J connectivity index is 0.000000439. The van der Waals surface area contributed by atoms with Gasteiger partial charge in [0.05, 0.1) is 22.4 Å². The second kappa shape index (κ2) is 8.64. The highest BCUT2D eigenvalue weighted by atomic mass is 16.7. The van der Waals surface area contributed by atoms with Gasteiger partial charge < -0.3 is 18.6 Å². The largest absolute Gasteiger partial charge is 0.489 e. The highest BCUT2D eigenvalue weighted by molar-refractivity contribution is 6.54. The molecule has 4 nitrogen and oxygen atoms in total. The van der Waals surface area contributed by atoms with Gasteiger partial charge in [-0.2, -0.15) is 0 Å². The summed E-state index contributed by atoms with van der Waals surface area (Å²) in [6, 6.07) is 0. The third kappa shape index (κ3) is 5.72. The monoisotopic (exact) mass is 366 g/mol.